The van der Waals surface area contributed by atoms with Crippen LogP contribution in [0.1, 0.15) is 22.3 Å². The number of imide groups is 1. The van der Waals surface area contributed by atoms with Gasteiger partial charge in [-0.1, -0.05) is 48.5 Å². The first-order valence-corrected chi connectivity index (χ1v) is 11.6. The minimum absolute atomic E-state index is 0.0503. The highest BCUT2D eigenvalue weighted by atomic mass is 32.2. The molecule has 0 unspecified atom stereocenters. The van der Waals surface area contributed by atoms with E-state index < -0.39 is 0 Å². The Balaban J connectivity index is 1.43. The number of amides is 2. The Kier molecular flexibility index (Phi) is 7.33. The van der Waals surface area contributed by atoms with Crippen molar-refractivity contribution in [3.8, 4) is 11.5 Å². The Bertz CT molecular complexity index is 1260. The van der Waals surface area contributed by atoms with Crippen LogP contribution in [-0.4, -0.2) is 29.2 Å². The Hall–Kier alpha value is -3.58. The maximum atomic E-state index is 13.9. The zero-order valence-corrected chi connectivity index (χ0v) is 19.7. The molecule has 3 aromatic carbocycles. The molecule has 1 fully saturated rings. The van der Waals surface area contributed by atoms with Crippen molar-refractivity contribution in [2.75, 3.05) is 13.2 Å². The summed E-state index contributed by atoms with van der Waals surface area (Å²) in [4.78, 5) is 26.9. The number of ether oxygens (including phenoxy) is 2. The summed E-state index contributed by atoms with van der Waals surface area (Å²) < 4.78 is 25.5. The first kappa shape index (κ1) is 23.6. The van der Waals surface area contributed by atoms with E-state index in [1.54, 1.807) is 42.5 Å². The molecule has 3 aromatic rings. The van der Waals surface area contributed by atoms with Crippen molar-refractivity contribution in [3.05, 3.63) is 99.7 Å². The van der Waals surface area contributed by atoms with E-state index in [0.717, 1.165) is 28.6 Å². The summed E-state index contributed by atoms with van der Waals surface area (Å²) in [5.41, 5.74) is 3.13. The van der Waals surface area contributed by atoms with Crippen molar-refractivity contribution in [2.45, 2.75) is 20.5 Å². The molecule has 4 rings (SSSR count). The molecule has 0 atom stereocenters. The molecule has 0 spiro atoms. The first-order valence-electron chi connectivity index (χ1n) is 10.8. The molecule has 0 radical (unpaired) electrons. The quantitative estimate of drug-likeness (QED) is 0.365. The van der Waals surface area contributed by atoms with Gasteiger partial charge in [-0.15, -0.1) is 0 Å². The highest BCUT2D eigenvalue weighted by Gasteiger charge is 2.35. The average molecular weight is 478 g/mol. The summed E-state index contributed by atoms with van der Waals surface area (Å²) >= 11 is 0.882. The molecule has 0 bridgehead atoms. The summed E-state index contributed by atoms with van der Waals surface area (Å²) in [6, 6.07) is 19.4. The van der Waals surface area contributed by atoms with Crippen LogP contribution in [-0.2, 0) is 11.4 Å². The second kappa shape index (κ2) is 10.6. The number of para-hydroxylation sites is 1. The molecule has 7 heteroatoms. The lowest BCUT2D eigenvalue weighted by Crippen LogP contribution is -2.32. The van der Waals surface area contributed by atoms with Crippen LogP contribution in [0.5, 0.6) is 11.5 Å². The van der Waals surface area contributed by atoms with Crippen LogP contribution < -0.4 is 9.47 Å². The van der Waals surface area contributed by atoms with Gasteiger partial charge in [0.2, 0.25) is 0 Å². The molecular formula is C27H24FNO4S. The van der Waals surface area contributed by atoms with Gasteiger partial charge in [0.05, 0.1) is 11.4 Å². The highest BCUT2D eigenvalue weighted by Crippen LogP contribution is 2.34. The fraction of sp³-hybridized carbons (Fsp3) is 0.185. The van der Waals surface area contributed by atoms with Gasteiger partial charge in [-0.3, -0.25) is 14.5 Å². The van der Waals surface area contributed by atoms with Crippen LogP contribution in [0.15, 0.2) is 71.6 Å². The number of hydrogen-bond acceptors (Lipinski definition) is 5. The zero-order chi connectivity index (χ0) is 24.1. The third kappa shape index (κ3) is 5.48. The minimum Gasteiger partial charge on any atom is -0.491 e. The molecule has 1 saturated heterocycles. The topological polar surface area (TPSA) is 55.8 Å². The molecular weight excluding hydrogens is 453 g/mol. The first-order chi connectivity index (χ1) is 16.4. The maximum Gasteiger partial charge on any atom is 0.293 e. The molecule has 0 N–H and O–H groups in total. The Morgan fingerprint density at radius 3 is 2.53 bits per heavy atom. The summed E-state index contributed by atoms with van der Waals surface area (Å²) in [5.74, 6) is 0.520. The van der Waals surface area contributed by atoms with Gasteiger partial charge in [-0.2, -0.15) is 0 Å². The van der Waals surface area contributed by atoms with Crippen molar-refractivity contribution < 1.29 is 23.5 Å². The van der Waals surface area contributed by atoms with Crippen LogP contribution in [0.2, 0.25) is 0 Å². The monoisotopic (exact) mass is 477 g/mol. The van der Waals surface area contributed by atoms with Crippen molar-refractivity contribution >= 4 is 29.0 Å². The number of rotatable bonds is 8. The fourth-order valence-corrected chi connectivity index (χ4v) is 4.30. The molecule has 0 aliphatic carbocycles. The van der Waals surface area contributed by atoms with Gasteiger partial charge < -0.3 is 9.47 Å². The number of hydrogen-bond donors (Lipinski definition) is 0. The number of thioether (sulfide) groups is 1. The molecule has 174 valence electrons. The summed E-state index contributed by atoms with van der Waals surface area (Å²) in [7, 11) is 0. The molecule has 34 heavy (non-hydrogen) atoms. The number of aryl methyl sites for hydroxylation is 2. The summed E-state index contributed by atoms with van der Waals surface area (Å²) in [6.45, 7) is 4.34. The predicted molar refractivity (Wildman–Crippen MR) is 131 cm³/mol. The minimum atomic E-state index is -0.372. The van der Waals surface area contributed by atoms with E-state index >= 15 is 0 Å². The SMILES string of the molecule is Cc1ccc(C)c(OCCN2C(=O)S/C(=C\c3ccccc3OCc3ccccc3F)C2=O)c1. The largest absolute Gasteiger partial charge is 0.491 e. The number of benzene rings is 3. The van der Waals surface area contributed by atoms with Crippen LogP contribution in [0.3, 0.4) is 0 Å². The van der Waals surface area contributed by atoms with Gasteiger partial charge in [0.1, 0.15) is 30.5 Å². The molecule has 5 nitrogen and oxygen atoms in total. The third-order valence-electron chi connectivity index (χ3n) is 5.34. The lowest BCUT2D eigenvalue weighted by molar-refractivity contribution is -0.123. The molecule has 1 aliphatic rings. The Morgan fingerprint density at radius 2 is 1.71 bits per heavy atom. The van der Waals surface area contributed by atoms with Gasteiger partial charge in [0, 0.05) is 11.1 Å². The standard InChI is InChI=1S/C27H24FNO4S/c1-18-11-12-19(2)24(15-18)32-14-13-29-26(30)25(34-27(29)31)16-20-7-4-6-10-23(20)33-17-21-8-3-5-9-22(21)28/h3-12,15-16H,13-14,17H2,1-2H3/b25-16-. The lowest BCUT2D eigenvalue weighted by Gasteiger charge is -2.14. The van der Waals surface area contributed by atoms with Gasteiger partial charge in [0.15, 0.2) is 0 Å². The van der Waals surface area contributed by atoms with Crippen LogP contribution in [0, 0.1) is 19.7 Å². The normalized spacial score (nSPS) is 14.7. The Labute approximate surface area is 202 Å². The number of carbonyl (C=O) groups excluding carboxylic acids is 2. The molecule has 1 aliphatic heterocycles. The maximum absolute atomic E-state index is 13.9. The van der Waals surface area contributed by atoms with Crippen LogP contribution in [0.25, 0.3) is 6.08 Å². The summed E-state index contributed by atoms with van der Waals surface area (Å²) in [5, 5.41) is -0.342. The van der Waals surface area contributed by atoms with E-state index in [4.69, 9.17) is 9.47 Å². The zero-order valence-electron chi connectivity index (χ0n) is 18.9. The highest BCUT2D eigenvalue weighted by molar-refractivity contribution is 8.18. The number of carbonyl (C=O) groups is 2. The smallest absolute Gasteiger partial charge is 0.293 e. The van der Waals surface area contributed by atoms with E-state index in [1.807, 2.05) is 38.1 Å². The Morgan fingerprint density at radius 1 is 0.941 bits per heavy atom. The molecule has 0 aromatic heterocycles. The second-order valence-corrected chi connectivity index (χ2v) is 8.86. The van der Waals surface area contributed by atoms with E-state index in [0.29, 0.717) is 21.8 Å². The molecule has 0 saturated carbocycles. The average Bonchev–Trinajstić information content (AvgIpc) is 3.09. The predicted octanol–water partition coefficient (Wildman–Crippen LogP) is 6.14. The van der Waals surface area contributed by atoms with Gasteiger partial charge >= 0.3 is 0 Å². The lowest BCUT2D eigenvalue weighted by atomic mass is 10.1. The van der Waals surface area contributed by atoms with E-state index in [-0.39, 0.29) is 36.7 Å². The van der Waals surface area contributed by atoms with E-state index in [9.17, 15) is 14.0 Å². The van der Waals surface area contributed by atoms with Gasteiger partial charge in [-0.05, 0) is 61.0 Å². The molecule has 2 amide bonds. The van der Waals surface area contributed by atoms with Gasteiger partial charge in [0.25, 0.3) is 11.1 Å². The third-order valence-corrected chi connectivity index (χ3v) is 6.24. The van der Waals surface area contributed by atoms with Crippen LogP contribution in [0.4, 0.5) is 9.18 Å². The van der Waals surface area contributed by atoms with Crippen molar-refractivity contribution in [1.82, 2.24) is 4.90 Å². The van der Waals surface area contributed by atoms with Crippen molar-refractivity contribution in [3.63, 3.8) is 0 Å². The van der Waals surface area contributed by atoms with E-state index in [2.05, 4.69) is 0 Å². The van der Waals surface area contributed by atoms with Crippen LogP contribution >= 0.6 is 11.8 Å². The number of nitrogens with zero attached hydrogens (tertiary/aromatic N) is 1. The second-order valence-electron chi connectivity index (χ2n) is 7.87. The fourth-order valence-electron chi connectivity index (χ4n) is 3.45. The van der Waals surface area contributed by atoms with Crippen molar-refractivity contribution in [2.24, 2.45) is 0 Å². The van der Waals surface area contributed by atoms with E-state index in [1.165, 1.54) is 11.0 Å². The van der Waals surface area contributed by atoms with Crippen molar-refractivity contribution in [1.29, 1.82) is 0 Å². The molecule has 1 heterocycles. The van der Waals surface area contributed by atoms with Gasteiger partial charge in [-0.25, -0.2) is 4.39 Å². The number of halogens is 1. The summed E-state index contributed by atoms with van der Waals surface area (Å²) in [6.07, 6.45) is 1.63.